The zero-order valence-electron chi connectivity index (χ0n) is 9.98. The molecule has 1 aliphatic carbocycles. The van der Waals surface area contributed by atoms with Crippen molar-refractivity contribution in [2.45, 2.75) is 18.4 Å². The van der Waals surface area contributed by atoms with E-state index in [1.165, 1.54) is 17.3 Å². The number of rotatable bonds is 5. The van der Waals surface area contributed by atoms with Crippen LogP contribution in [0, 0.1) is 0 Å². The highest BCUT2D eigenvalue weighted by Crippen LogP contribution is 2.37. The molecule has 0 bridgehead atoms. The van der Waals surface area contributed by atoms with Gasteiger partial charge in [0.1, 0.15) is 12.7 Å². The minimum atomic E-state index is -0.327. The molecule has 0 aliphatic heterocycles. The third-order valence-electron chi connectivity index (χ3n) is 2.91. The van der Waals surface area contributed by atoms with Gasteiger partial charge >= 0.3 is 0 Å². The molecule has 5 N–H and O–H groups in total. The topological polar surface area (TPSA) is 140 Å². The van der Waals surface area contributed by atoms with E-state index in [0.29, 0.717) is 5.95 Å². The third kappa shape index (κ3) is 2.30. The largest absolute Gasteiger partial charge is 0.394 e. The summed E-state index contributed by atoms with van der Waals surface area (Å²) in [5.41, 5.74) is 2.04. The summed E-state index contributed by atoms with van der Waals surface area (Å²) >= 11 is 0. The lowest BCUT2D eigenvalue weighted by molar-refractivity contribution is 0.265. The molecular formula is C9H13N9O. The highest BCUT2D eigenvalue weighted by Gasteiger charge is 2.42. The first kappa shape index (κ1) is 11.7. The fourth-order valence-corrected chi connectivity index (χ4v) is 1.61. The molecular weight excluding hydrogens is 250 g/mol. The summed E-state index contributed by atoms with van der Waals surface area (Å²) in [4.78, 5) is 16.2. The standard InChI is InChI=1S/C9H13N9O/c10-17-7-13-6(16-9(3-19)1-2-9)14-8(15-7)18-5-11-4-12-18/h4-5,19H,1-3,10H2,(H2,13,14,15,16,17). The number of aromatic nitrogens is 6. The molecule has 1 fully saturated rings. The molecule has 0 saturated heterocycles. The molecule has 19 heavy (non-hydrogen) atoms. The van der Waals surface area contributed by atoms with E-state index in [1.54, 1.807) is 0 Å². The van der Waals surface area contributed by atoms with Gasteiger partial charge in [-0.2, -0.15) is 24.7 Å². The smallest absolute Gasteiger partial charge is 0.258 e. The third-order valence-corrected chi connectivity index (χ3v) is 2.91. The average Bonchev–Trinajstić information content (AvgIpc) is 3.00. The van der Waals surface area contributed by atoms with Crippen molar-refractivity contribution < 1.29 is 5.11 Å². The van der Waals surface area contributed by atoms with Crippen LogP contribution >= 0.6 is 0 Å². The monoisotopic (exact) mass is 263 g/mol. The van der Waals surface area contributed by atoms with E-state index < -0.39 is 0 Å². The molecule has 0 amide bonds. The molecule has 1 aliphatic rings. The van der Waals surface area contributed by atoms with Crippen LogP contribution in [-0.4, -0.2) is 47.0 Å². The van der Waals surface area contributed by atoms with Crippen molar-refractivity contribution in [1.29, 1.82) is 0 Å². The Kier molecular flexibility index (Phi) is 2.72. The van der Waals surface area contributed by atoms with Gasteiger partial charge in [-0.1, -0.05) is 0 Å². The van der Waals surface area contributed by atoms with Gasteiger partial charge in [-0.25, -0.2) is 10.8 Å². The summed E-state index contributed by atoms with van der Waals surface area (Å²) in [7, 11) is 0. The second-order valence-electron chi connectivity index (χ2n) is 4.33. The van der Waals surface area contributed by atoms with Crippen molar-refractivity contribution in [2.24, 2.45) is 5.84 Å². The van der Waals surface area contributed by atoms with Crippen LogP contribution in [0.5, 0.6) is 0 Å². The van der Waals surface area contributed by atoms with Crippen molar-refractivity contribution in [1.82, 2.24) is 29.7 Å². The van der Waals surface area contributed by atoms with Gasteiger partial charge in [0.2, 0.25) is 11.9 Å². The van der Waals surface area contributed by atoms with E-state index in [4.69, 9.17) is 5.84 Å². The predicted octanol–water partition coefficient (Wildman–Crippen LogP) is -1.33. The van der Waals surface area contributed by atoms with E-state index in [2.05, 4.69) is 35.8 Å². The maximum absolute atomic E-state index is 9.30. The Labute approximate surface area is 108 Å². The van der Waals surface area contributed by atoms with Crippen LogP contribution in [0.2, 0.25) is 0 Å². The molecule has 2 aromatic heterocycles. The molecule has 2 aromatic rings. The number of nitrogens with two attached hydrogens (primary N) is 1. The molecule has 0 radical (unpaired) electrons. The molecule has 0 unspecified atom stereocenters. The number of nitrogens with one attached hydrogen (secondary N) is 2. The molecule has 0 atom stereocenters. The minimum absolute atomic E-state index is 0.0305. The summed E-state index contributed by atoms with van der Waals surface area (Å²) in [5, 5.41) is 16.3. The van der Waals surface area contributed by atoms with E-state index in [0.717, 1.165) is 12.8 Å². The zero-order chi connectivity index (χ0) is 13.3. The highest BCUT2D eigenvalue weighted by atomic mass is 16.3. The Bertz CT molecular complexity index is 565. The number of aliphatic hydroxyl groups excluding tert-OH is 1. The van der Waals surface area contributed by atoms with Crippen LogP contribution in [0.1, 0.15) is 12.8 Å². The number of anilines is 2. The van der Waals surface area contributed by atoms with Crippen LogP contribution in [0.4, 0.5) is 11.9 Å². The van der Waals surface area contributed by atoms with Crippen molar-refractivity contribution in [3.8, 4) is 5.95 Å². The summed E-state index contributed by atoms with van der Waals surface area (Å²) < 4.78 is 1.40. The predicted molar refractivity (Wildman–Crippen MR) is 65.2 cm³/mol. The molecule has 2 heterocycles. The Morgan fingerprint density at radius 3 is 2.68 bits per heavy atom. The van der Waals surface area contributed by atoms with Gasteiger partial charge in [0.05, 0.1) is 12.1 Å². The van der Waals surface area contributed by atoms with E-state index >= 15 is 0 Å². The summed E-state index contributed by atoms with van der Waals surface area (Å²) in [6, 6.07) is 0. The van der Waals surface area contributed by atoms with Gasteiger partial charge in [-0.15, -0.1) is 0 Å². The van der Waals surface area contributed by atoms with E-state index in [-0.39, 0.29) is 24.0 Å². The number of nitrogen functional groups attached to an aromatic ring is 1. The normalized spacial score (nSPS) is 16.1. The molecule has 0 aromatic carbocycles. The first-order chi connectivity index (χ1) is 9.24. The van der Waals surface area contributed by atoms with Crippen LogP contribution in [0.15, 0.2) is 12.7 Å². The molecule has 1 saturated carbocycles. The minimum Gasteiger partial charge on any atom is -0.394 e. The molecule has 10 nitrogen and oxygen atoms in total. The highest BCUT2D eigenvalue weighted by molar-refractivity contribution is 5.40. The number of hydrazine groups is 1. The number of hydrogen-bond acceptors (Lipinski definition) is 9. The number of aliphatic hydroxyl groups is 1. The SMILES string of the molecule is NNc1nc(NC2(CO)CC2)nc(-n2cncn2)n1. The van der Waals surface area contributed by atoms with Crippen LogP contribution in [0.25, 0.3) is 5.95 Å². The second kappa shape index (κ2) is 4.40. The van der Waals surface area contributed by atoms with Gasteiger partial charge in [-0.3, -0.25) is 5.43 Å². The summed E-state index contributed by atoms with van der Waals surface area (Å²) in [5.74, 6) is 6.15. The quantitative estimate of drug-likeness (QED) is 0.381. The summed E-state index contributed by atoms with van der Waals surface area (Å²) in [6.07, 6.45) is 4.60. The van der Waals surface area contributed by atoms with E-state index in [9.17, 15) is 5.11 Å². The average molecular weight is 263 g/mol. The number of nitrogens with zero attached hydrogens (tertiary/aromatic N) is 6. The van der Waals surface area contributed by atoms with Crippen molar-refractivity contribution in [2.75, 3.05) is 17.3 Å². The number of hydrogen-bond donors (Lipinski definition) is 4. The Hall–Kier alpha value is -2.33. The Morgan fingerprint density at radius 1 is 1.32 bits per heavy atom. The van der Waals surface area contributed by atoms with Crippen molar-refractivity contribution in [3.05, 3.63) is 12.7 Å². The first-order valence-corrected chi connectivity index (χ1v) is 5.71. The fraction of sp³-hybridized carbons (Fsp3) is 0.444. The fourth-order valence-electron chi connectivity index (χ4n) is 1.61. The molecule has 10 heteroatoms. The first-order valence-electron chi connectivity index (χ1n) is 5.71. The zero-order valence-corrected chi connectivity index (χ0v) is 9.98. The Morgan fingerprint density at radius 2 is 2.11 bits per heavy atom. The lowest BCUT2D eigenvalue weighted by Crippen LogP contribution is -2.28. The van der Waals surface area contributed by atoms with Gasteiger partial charge in [0, 0.05) is 0 Å². The van der Waals surface area contributed by atoms with Gasteiger partial charge < -0.3 is 10.4 Å². The molecule has 100 valence electrons. The van der Waals surface area contributed by atoms with E-state index in [1.807, 2.05) is 0 Å². The van der Waals surface area contributed by atoms with Crippen molar-refractivity contribution >= 4 is 11.9 Å². The molecule has 0 spiro atoms. The maximum Gasteiger partial charge on any atom is 0.258 e. The summed E-state index contributed by atoms with van der Waals surface area (Å²) in [6.45, 7) is 0.0305. The van der Waals surface area contributed by atoms with Crippen LogP contribution < -0.4 is 16.6 Å². The lowest BCUT2D eigenvalue weighted by Gasteiger charge is -2.14. The maximum atomic E-state index is 9.30. The van der Waals surface area contributed by atoms with Crippen LogP contribution in [0.3, 0.4) is 0 Å². The van der Waals surface area contributed by atoms with Gasteiger partial charge in [-0.05, 0) is 12.8 Å². The second-order valence-corrected chi connectivity index (χ2v) is 4.33. The van der Waals surface area contributed by atoms with Gasteiger partial charge in [0.25, 0.3) is 5.95 Å². The van der Waals surface area contributed by atoms with Gasteiger partial charge in [0.15, 0.2) is 0 Å². The Balaban J connectivity index is 1.93. The lowest BCUT2D eigenvalue weighted by atomic mass is 10.3. The molecule has 3 rings (SSSR count). The van der Waals surface area contributed by atoms with Crippen molar-refractivity contribution in [3.63, 3.8) is 0 Å². The van der Waals surface area contributed by atoms with Crippen LogP contribution in [-0.2, 0) is 0 Å².